The molecular formula is C20H19FN6O2. The standard InChI is InChI=1S/C20H19FN6O2/c21-13-4-3-8-23-16(13)10-24-20(28)17-12-29-19(27-17)11-22-9-7-18-25-14-5-1-2-6-15(14)26-18/h1-6,8,12,22H,7,9-11H2,(H,24,28)(H,25,26). The van der Waals surface area contributed by atoms with Crippen molar-refractivity contribution in [3.8, 4) is 0 Å². The summed E-state index contributed by atoms with van der Waals surface area (Å²) < 4.78 is 18.9. The number of benzene rings is 1. The first kappa shape index (κ1) is 18.8. The van der Waals surface area contributed by atoms with Crippen LogP contribution in [-0.4, -0.2) is 32.4 Å². The van der Waals surface area contributed by atoms with E-state index in [1.807, 2.05) is 24.3 Å². The number of halogens is 1. The van der Waals surface area contributed by atoms with Crippen molar-refractivity contribution < 1.29 is 13.6 Å². The van der Waals surface area contributed by atoms with Gasteiger partial charge in [0.2, 0.25) is 5.89 Å². The number of carbonyl (C=O) groups is 1. The molecule has 1 aromatic carbocycles. The number of aromatic amines is 1. The third kappa shape index (κ3) is 4.64. The van der Waals surface area contributed by atoms with Gasteiger partial charge in [-0.15, -0.1) is 0 Å². The summed E-state index contributed by atoms with van der Waals surface area (Å²) >= 11 is 0. The molecule has 0 spiro atoms. The van der Waals surface area contributed by atoms with E-state index in [1.165, 1.54) is 24.6 Å². The SMILES string of the molecule is O=C(NCc1ncccc1F)c1coc(CNCCc2nc3ccccc3[nH]2)n1. The molecule has 3 aromatic heterocycles. The van der Waals surface area contributed by atoms with Crippen LogP contribution >= 0.6 is 0 Å². The summed E-state index contributed by atoms with van der Waals surface area (Å²) in [6, 6.07) is 10.6. The first-order valence-corrected chi connectivity index (χ1v) is 9.15. The number of amides is 1. The smallest absolute Gasteiger partial charge is 0.273 e. The first-order chi connectivity index (χ1) is 14.2. The Morgan fingerprint density at radius 1 is 1.14 bits per heavy atom. The number of aromatic nitrogens is 4. The highest BCUT2D eigenvalue weighted by Gasteiger charge is 2.13. The van der Waals surface area contributed by atoms with E-state index in [2.05, 4.69) is 30.6 Å². The number of oxazole rings is 1. The Morgan fingerprint density at radius 3 is 2.90 bits per heavy atom. The highest BCUT2D eigenvalue weighted by Crippen LogP contribution is 2.10. The Bertz CT molecular complexity index is 1090. The Morgan fingerprint density at radius 2 is 2.03 bits per heavy atom. The third-order valence-electron chi connectivity index (χ3n) is 4.29. The average molecular weight is 394 g/mol. The van der Waals surface area contributed by atoms with Gasteiger partial charge >= 0.3 is 0 Å². The average Bonchev–Trinajstić information content (AvgIpc) is 3.37. The van der Waals surface area contributed by atoms with Gasteiger partial charge in [-0.05, 0) is 24.3 Å². The van der Waals surface area contributed by atoms with Crippen LogP contribution in [0.2, 0.25) is 0 Å². The molecular weight excluding hydrogens is 375 g/mol. The number of nitrogens with one attached hydrogen (secondary N) is 3. The summed E-state index contributed by atoms with van der Waals surface area (Å²) in [5.74, 6) is 0.367. The number of hydrogen-bond donors (Lipinski definition) is 3. The lowest BCUT2D eigenvalue weighted by Crippen LogP contribution is -2.24. The predicted octanol–water partition coefficient (Wildman–Crippen LogP) is 2.35. The van der Waals surface area contributed by atoms with E-state index in [4.69, 9.17) is 4.42 Å². The predicted molar refractivity (Wildman–Crippen MR) is 103 cm³/mol. The van der Waals surface area contributed by atoms with Gasteiger partial charge in [-0.1, -0.05) is 12.1 Å². The summed E-state index contributed by atoms with van der Waals surface area (Å²) in [7, 11) is 0. The van der Waals surface area contributed by atoms with Gasteiger partial charge in [-0.2, -0.15) is 0 Å². The zero-order valence-electron chi connectivity index (χ0n) is 15.5. The number of para-hydroxylation sites is 2. The molecule has 0 bridgehead atoms. The third-order valence-corrected chi connectivity index (χ3v) is 4.29. The molecule has 0 saturated heterocycles. The number of hydrogen-bond acceptors (Lipinski definition) is 6. The maximum absolute atomic E-state index is 13.5. The van der Waals surface area contributed by atoms with Crippen LogP contribution in [-0.2, 0) is 19.5 Å². The monoisotopic (exact) mass is 394 g/mol. The molecule has 0 atom stereocenters. The van der Waals surface area contributed by atoms with Gasteiger partial charge in [-0.3, -0.25) is 9.78 Å². The molecule has 0 radical (unpaired) electrons. The van der Waals surface area contributed by atoms with Crippen molar-refractivity contribution >= 4 is 16.9 Å². The molecule has 29 heavy (non-hydrogen) atoms. The molecule has 0 aliphatic carbocycles. The Labute approximate surface area is 165 Å². The number of nitrogens with zero attached hydrogens (tertiary/aromatic N) is 3. The normalized spacial score (nSPS) is 11.1. The zero-order chi connectivity index (χ0) is 20.1. The van der Waals surface area contributed by atoms with Crippen molar-refractivity contribution in [2.24, 2.45) is 0 Å². The van der Waals surface area contributed by atoms with E-state index in [-0.39, 0.29) is 17.9 Å². The number of imidazole rings is 1. The number of pyridine rings is 1. The van der Waals surface area contributed by atoms with Crippen LogP contribution in [0.3, 0.4) is 0 Å². The summed E-state index contributed by atoms with van der Waals surface area (Å²) in [5, 5.41) is 5.78. The Hall–Kier alpha value is -3.59. The van der Waals surface area contributed by atoms with Crippen LogP contribution < -0.4 is 10.6 Å². The van der Waals surface area contributed by atoms with Gasteiger partial charge in [0.05, 0.1) is 29.8 Å². The van der Waals surface area contributed by atoms with Crippen LogP contribution in [0.5, 0.6) is 0 Å². The molecule has 3 N–H and O–H groups in total. The number of rotatable bonds is 8. The molecule has 3 heterocycles. The van der Waals surface area contributed by atoms with E-state index < -0.39 is 11.7 Å². The fourth-order valence-corrected chi connectivity index (χ4v) is 2.83. The van der Waals surface area contributed by atoms with Crippen LogP contribution in [0, 0.1) is 5.82 Å². The maximum atomic E-state index is 13.5. The molecule has 4 aromatic rings. The van der Waals surface area contributed by atoms with Crippen LogP contribution in [0.1, 0.15) is 27.9 Å². The van der Waals surface area contributed by atoms with Gasteiger partial charge in [0.25, 0.3) is 5.91 Å². The number of carbonyl (C=O) groups excluding carboxylic acids is 1. The quantitative estimate of drug-likeness (QED) is 0.396. The minimum Gasteiger partial charge on any atom is -0.447 e. The van der Waals surface area contributed by atoms with Gasteiger partial charge in [0.1, 0.15) is 17.9 Å². The highest BCUT2D eigenvalue weighted by atomic mass is 19.1. The lowest BCUT2D eigenvalue weighted by Gasteiger charge is -2.03. The maximum Gasteiger partial charge on any atom is 0.273 e. The fraction of sp³-hybridized carbons (Fsp3) is 0.200. The lowest BCUT2D eigenvalue weighted by molar-refractivity contribution is 0.0945. The zero-order valence-corrected chi connectivity index (χ0v) is 15.5. The van der Waals surface area contributed by atoms with E-state index in [0.717, 1.165) is 23.3 Å². The van der Waals surface area contributed by atoms with Crippen molar-refractivity contribution in [3.05, 3.63) is 77.8 Å². The van der Waals surface area contributed by atoms with Gasteiger partial charge in [-0.25, -0.2) is 14.4 Å². The topological polar surface area (TPSA) is 109 Å². The number of fused-ring (bicyclic) bond motifs is 1. The van der Waals surface area contributed by atoms with E-state index >= 15 is 0 Å². The van der Waals surface area contributed by atoms with Crippen LogP contribution in [0.15, 0.2) is 53.3 Å². The summed E-state index contributed by atoms with van der Waals surface area (Å²) in [6.45, 7) is 1.02. The molecule has 9 heteroatoms. The van der Waals surface area contributed by atoms with Gasteiger partial charge in [0, 0.05) is 19.2 Å². The van der Waals surface area contributed by atoms with Crippen LogP contribution in [0.25, 0.3) is 11.0 Å². The second-order valence-corrected chi connectivity index (χ2v) is 6.37. The fourth-order valence-electron chi connectivity index (χ4n) is 2.83. The first-order valence-electron chi connectivity index (χ1n) is 9.15. The second-order valence-electron chi connectivity index (χ2n) is 6.37. The van der Waals surface area contributed by atoms with Gasteiger partial charge < -0.3 is 20.0 Å². The Balaban J connectivity index is 1.23. The summed E-state index contributed by atoms with van der Waals surface area (Å²) in [4.78, 5) is 27.9. The van der Waals surface area contributed by atoms with Crippen molar-refractivity contribution in [3.63, 3.8) is 0 Å². The molecule has 148 valence electrons. The van der Waals surface area contributed by atoms with Gasteiger partial charge in [0.15, 0.2) is 5.69 Å². The van der Waals surface area contributed by atoms with E-state index in [0.29, 0.717) is 19.0 Å². The Kier molecular flexibility index (Phi) is 5.57. The molecule has 0 saturated carbocycles. The molecule has 8 nitrogen and oxygen atoms in total. The molecule has 0 aliphatic heterocycles. The lowest BCUT2D eigenvalue weighted by atomic mass is 10.3. The number of H-pyrrole nitrogens is 1. The van der Waals surface area contributed by atoms with Crippen molar-refractivity contribution in [2.45, 2.75) is 19.5 Å². The van der Waals surface area contributed by atoms with E-state index in [1.54, 1.807) is 0 Å². The van der Waals surface area contributed by atoms with Crippen molar-refractivity contribution in [1.29, 1.82) is 0 Å². The summed E-state index contributed by atoms with van der Waals surface area (Å²) in [5.41, 5.74) is 2.25. The second kappa shape index (κ2) is 8.61. The largest absolute Gasteiger partial charge is 0.447 e. The minimum absolute atomic E-state index is 0.0244. The molecule has 0 fully saturated rings. The van der Waals surface area contributed by atoms with Crippen molar-refractivity contribution in [1.82, 2.24) is 30.6 Å². The van der Waals surface area contributed by atoms with Crippen molar-refractivity contribution in [2.75, 3.05) is 6.54 Å². The molecule has 4 rings (SSSR count). The molecule has 0 unspecified atom stereocenters. The summed E-state index contributed by atoms with van der Waals surface area (Å²) in [6.07, 6.45) is 3.47. The minimum atomic E-state index is -0.470. The van der Waals surface area contributed by atoms with E-state index in [9.17, 15) is 9.18 Å². The highest BCUT2D eigenvalue weighted by molar-refractivity contribution is 5.91. The van der Waals surface area contributed by atoms with Crippen LogP contribution in [0.4, 0.5) is 4.39 Å². The molecule has 1 amide bonds. The molecule has 0 aliphatic rings.